The topological polar surface area (TPSA) is 62.0 Å². The zero-order valence-electron chi connectivity index (χ0n) is 5.27. The molecule has 0 bridgehead atoms. The zero-order valence-corrected chi connectivity index (χ0v) is 6.09. The van der Waals surface area contributed by atoms with Crippen LogP contribution in [0.2, 0.25) is 0 Å². The van der Waals surface area contributed by atoms with Crippen molar-refractivity contribution in [3.05, 3.63) is 12.5 Å². The average Bonchev–Trinajstić information content (AvgIpc) is 2.11. The zero-order chi connectivity index (χ0) is 7.11. The Morgan fingerprint density at radius 2 is 2.11 bits per heavy atom. The number of rotatable bonds is 0. The van der Waals surface area contributed by atoms with Crippen molar-refractivity contribution in [3.63, 3.8) is 0 Å². The van der Waals surface area contributed by atoms with Gasteiger partial charge in [-0.1, -0.05) is 11.2 Å². The third-order valence-electron chi connectivity index (χ3n) is 0.283. The summed E-state index contributed by atoms with van der Waals surface area (Å²) in [4.78, 5) is 0. The van der Waals surface area contributed by atoms with E-state index in [0.717, 1.165) is 0 Å². The van der Waals surface area contributed by atoms with Crippen LogP contribution in [0.3, 0.4) is 0 Å². The Balaban J connectivity index is 0.000000148. The Morgan fingerprint density at radius 1 is 1.56 bits per heavy atom. The van der Waals surface area contributed by atoms with Gasteiger partial charge in [-0.3, -0.25) is 0 Å². The highest BCUT2D eigenvalue weighted by Crippen LogP contribution is 1.64. The predicted molar refractivity (Wildman–Crippen MR) is 34.3 cm³/mol. The molecule has 0 aliphatic heterocycles. The Labute approximate surface area is 56.4 Å². The molecule has 1 aromatic heterocycles. The monoisotopic (exact) mass is 148 g/mol. The van der Waals surface area contributed by atoms with Gasteiger partial charge >= 0.3 is 0 Å². The fourth-order valence-electron chi connectivity index (χ4n) is 0.136. The summed E-state index contributed by atoms with van der Waals surface area (Å²) in [6, 6.07) is 0. The maximum absolute atomic E-state index is 9.56. The van der Waals surface area contributed by atoms with Gasteiger partial charge < -0.3 is 9.08 Å². The molecule has 0 amide bonds. The minimum absolute atomic E-state index is 0.611. The minimum Gasteiger partial charge on any atom is -0.617 e. The molecule has 1 aromatic rings. The number of hydrogen-bond acceptors (Lipinski definition) is 4. The summed E-state index contributed by atoms with van der Waals surface area (Å²) in [5, 5.41) is 6.40. The van der Waals surface area contributed by atoms with Gasteiger partial charge in [0.05, 0.1) is 18.7 Å². The van der Waals surface area contributed by atoms with Crippen LogP contribution in [0.25, 0.3) is 0 Å². The highest BCUT2D eigenvalue weighted by Gasteiger charge is 1.66. The first-order valence-corrected chi connectivity index (χ1v) is 4.16. The van der Waals surface area contributed by atoms with E-state index in [9.17, 15) is 4.55 Å². The summed E-state index contributed by atoms with van der Waals surface area (Å²) in [7, 11) is 0. The van der Waals surface area contributed by atoms with Crippen molar-refractivity contribution >= 4 is 11.2 Å². The fraction of sp³-hybridized carbons (Fsp3) is 0.500. The highest BCUT2D eigenvalue weighted by molar-refractivity contribution is 7.89. The van der Waals surface area contributed by atoms with Crippen LogP contribution in [0.1, 0.15) is 0 Å². The molecule has 0 unspecified atom stereocenters. The molecule has 0 spiro atoms. The molecule has 0 aliphatic rings. The average molecular weight is 148 g/mol. The molecule has 52 valence electrons. The van der Waals surface area contributed by atoms with Crippen LogP contribution in [-0.4, -0.2) is 27.4 Å². The van der Waals surface area contributed by atoms with Crippen LogP contribution < -0.4 is 0 Å². The normalized spacial score (nSPS) is 8.44. The second-order valence-corrected chi connectivity index (χ2v) is 2.81. The van der Waals surface area contributed by atoms with Crippen molar-refractivity contribution in [2.45, 2.75) is 0 Å². The van der Waals surface area contributed by atoms with E-state index >= 15 is 0 Å². The van der Waals surface area contributed by atoms with E-state index in [2.05, 4.69) is 14.9 Å². The number of nitrogens with zero attached hydrogens (tertiary/aromatic N) is 2. The third kappa shape index (κ3) is 11.2. The Bertz CT molecular complexity index is 100. The second-order valence-electron chi connectivity index (χ2n) is 1.33. The van der Waals surface area contributed by atoms with Gasteiger partial charge in [0.15, 0.2) is 0 Å². The smallest absolute Gasteiger partial charge is 0.144 e. The van der Waals surface area contributed by atoms with E-state index in [1.165, 1.54) is 12.5 Å². The molecular formula is C4H8N2O2S. The van der Waals surface area contributed by atoms with Gasteiger partial charge in [0.25, 0.3) is 0 Å². The van der Waals surface area contributed by atoms with Crippen molar-refractivity contribution in [2.24, 2.45) is 0 Å². The molecule has 4 nitrogen and oxygen atoms in total. The summed E-state index contributed by atoms with van der Waals surface area (Å²) in [5.74, 6) is 0. The van der Waals surface area contributed by atoms with E-state index in [1.54, 1.807) is 12.5 Å². The van der Waals surface area contributed by atoms with Crippen LogP contribution in [0.5, 0.6) is 0 Å². The lowest BCUT2D eigenvalue weighted by molar-refractivity contribution is 0.393. The van der Waals surface area contributed by atoms with Crippen LogP contribution in [0, 0.1) is 0 Å². The first kappa shape index (κ1) is 8.45. The first-order chi connectivity index (χ1) is 4.23. The number of hydrogen-bond donors (Lipinski definition) is 0. The SMILES string of the molecule is C[S+](C)[O-].c1conn1. The molecule has 5 heteroatoms. The van der Waals surface area contributed by atoms with E-state index in [0.29, 0.717) is 0 Å². The summed E-state index contributed by atoms with van der Waals surface area (Å²) in [5.41, 5.74) is 0. The van der Waals surface area contributed by atoms with Gasteiger partial charge in [-0.2, -0.15) is 0 Å². The number of aromatic nitrogens is 2. The first-order valence-electron chi connectivity index (χ1n) is 2.19. The Morgan fingerprint density at radius 3 is 2.22 bits per heavy atom. The molecule has 1 rings (SSSR count). The van der Waals surface area contributed by atoms with Crippen molar-refractivity contribution < 1.29 is 9.08 Å². The molecule has 0 atom stereocenters. The standard InChI is InChI=1S/C2H2N2O.C2H6OS/c1-2-5-4-3-1;1-4(2)3/h1-2H;1-2H3. The predicted octanol–water partition coefficient (Wildman–Crippen LogP) is 0.0643. The molecule has 0 N–H and O–H groups in total. The van der Waals surface area contributed by atoms with Gasteiger partial charge in [-0.05, 0) is 0 Å². The molecule has 0 aliphatic carbocycles. The van der Waals surface area contributed by atoms with Crippen LogP contribution in [0.4, 0.5) is 0 Å². The van der Waals surface area contributed by atoms with Gasteiger partial charge in [0, 0.05) is 5.27 Å². The second kappa shape index (κ2) is 5.58. The molecule has 1 heterocycles. The van der Waals surface area contributed by atoms with Crippen molar-refractivity contribution in [1.29, 1.82) is 0 Å². The van der Waals surface area contributed by atoms with E-state index in [4.69, 9.17) is 0 Å². The lowest BCUT2D eigenvalue weighted by Crippen LogP contribution is -1.86. The van der Waals surface area contributed by atoms with Crippen LogP contribution >= 0.6 is 0 Å². The van der Waals surface area contributed by atoms with Gasteiger partial charge in [-0.25, -0.2) is 0 Å². The highest BCUT2D eigenvalue weighted by atomic mass is 32.2. The molecule has 0 fully saturated rings. The van der Waals surface area contributed by atoms with E-state index in [-0.39, 0.29) is 0 Å². The van der Waals surface area contributed by atoms with E-state index in [1.807, 2.05) is 0 Å². The van der Waals surface area contributed by atoms with Crippen LogP contribution in [0.15, 0.2) is 17.0 Å². The molecule has 0 radical (unpaired) electrons. The van der Waals surface area contributed by atoms with Crippen molar-refractivity contribution in [2.75, 3.05) is 12.5 Å². The molecule has 9 heavy (non-hydrogen) atoms. The van der Waals surface area contributed by atoms with E-state index < -0.39 is 11.2 Å². The summed E-state index contributed by atoms with van der Waals surface area (Å²) >= 11 is -0.611. The molecule has 0 saturated carbocycles. The largest absolute Gasteiger partial charge is 0.617 e. The van der Waals surface area contributed by atoms with Crippen LogP contribution in [-0.2, 0) is 11.2 Å². The summed E-state index contributed by atoms with van der Waals surface area (Å²) in [6.07, 6.45) is 6.15. The Hall–Kier alpha value is -0.550. The van der Waals surface area contributed by atoms with Crippen molar-refractivity contribution in [1.82, 2.24) is 10.4 Å². The lowest BCUT2D eigenvalue weighted by Gasteiger charge is -1.87. The summed E-state index contributed by atoms with van der Waals surface area (Å²) < 4.78 is 13.8. The molecule has 0 aromatic carbocycles. The van der Waals surface area contributed by atoms with Crippen molar-refractivity contribution in [3.8, 4) is 0 Å². The third-order valence-corrected chi connectivity index (χ3v) is 0.283. The van der Waals surface area contributed by atoms with Gasteiger partial charge in [-0.15, -0.1) is 5.10 Å². The molecule has 0 saturated heterocycles. The lowest BCUT2D eigenvalue weighted by atomic mass is 11.0. The fourth-order valence-corrected chi connectivity index (χ4v) is 0.136. The van der Waals surface area contributed by atoms with Gasteiger partial charge in [0.1, 0.15) is 6.26 Å². The summed E-state index contributed by atoms with van der Waals surface area (Å²) in [6.45, 7) is 0. The quantitative estimate of drug-likeness (QED) is 0.488. The minimum atomic E-state index is -0.611. The Kier molecular flexibility index (Phi) is 5.24. The molecular weight excluding hydrogens is 140 g/mol. The van der Waals surface area contributed by atoms with Gasteiger partial charge in [0.2, 0.25) is 0 Å². The maximum atomic E-state index is 9.56. The maximum Gasteiger partial charge on any atom is 0.144 e.